The van der Waals surface area contributed by atoms with Crippen molar-refractivity contribution in [3.8, 4) is 0 Å². The minimum absolute atomic E-state index is 0.0807. The van der Waals surface area contributed by atoms with Crippen molar-refractivity contribution < 1.29 is 13.6 Å². The first-order chi connectivity index (χ1) is 14.1. The molecule has 0 saturated carbocycles. The van der Waals surface area contributed by atoms with Crippen LogP contribution in [0.4, 0.5) is 0 Å². The summed E-state index contributed by atoms with van der Waals surface area (Å²) in [5, 5.41) is 0.405. The number of benzene rings is 1. The fraction of sp³-hybridized carbons (Fsp3) is 0.190. The van der Waals surface area contributed by atoms with Gasteiger partial charge < -0.3 is 13.7 Å². The summed E-state index contributed by atoms with van der Waals surface area (Å²) in [4.78, 5) is 41.1. The van der Waals surface area contributed by atoms with Crippen molar-refractivity contribution in [1.29, 1.82) is 0 Å². The minimum atomic E-state index is -0.537. The number of amides is 1. The van der Waals surface area contributed by atoms with Crippen LogP contribution in [0.15, 0.2) is 79.5 Å². The Morgan fingerprint density at radius 2 is 1.59 bits per heavy atom. The van der Waals surface area contributed by atoms with Crippen LogP contribution in [0.3, 0.4) is 0 Å². The Balaban J connectivity index is 1.56. The van der Waals surface area contributed by atoms with E-state index in [1.165, 1.54) is 4.57 Å². The number of nitrogens with zero attached hydrogens (tertiary/aromatic N) is 2. The highest BCUT2D eigenvalue weighted by Crippen LogP contribution is 2.14. The molecule has 0 bridgehead atoms. The lowest BCUT2D eigenvalue weighted by Gasteiger charge is -2.21. The molecule has 0 aliphatic heterocycles. The maximum Gasteiger partial charge on any atom is 0.328 e. The van der Waals surface area contributed by atoms with Crippen molar-refractivity contribution >= 4 is 16.8 Å². The van der Waals surface area contributed by atoms with Crippen molar-refractivity contribution in [3.63, 3.8) is 0 Å². The van der Waals surface area contributed by atoms with Crippen LogP contribution in [0.5, 0.6) is 0 Å². The normalized spacial score (nSPS) is 11.0. The summed E-state index contributed by atoms with van der Waals surface area (Å²) < 4.78 is 12.1. The Bertz CT molecular complexity index is 1180. The highest BCUT2D eigenvalue weighted by atomic mass is 16.3. The molecule has 1 aromatic carbocycles. The molecule has 0 saturated heterocycles. The first-order valence-electron chi connectivity index (χ1n) is 9.16. The summed E-state index contributed by atoms with van der Waals surface area (Å²) in [5.41, 5.74) is -0.478. The second-order valence-electron chi connectivity index (χ2n) is 6.59. The van der Waals surface area contributed by atoms with E-state index in [0.29, 0.717) is 22.4 Å². The molecule has 0 radical (unpaired) electrons. The highest BCUT2D eigenvalue weighted by molar-refractivity contribution is 5.79. The molecule has 0 unspecified atom stereocenters. The van der Waals surface area contributed by atoms with Crippen molar-refractivity contribution in [3.05, 3.63) is 93.4 Å². The molecule has 4 rings (SSSR count). The van der Waals surface area contributed by atoms with Gasteiger partial charge >= 0.3 is 5.69 Å². The first-order valence-corrected chi connectivity index (χ1v) is 9.16. The molecule has 8 nitrogen and oxygen atoms in total. The van der Waals surface area contributed by atoms with E-state index in [2.05, 4.69) is 4.98 Å². The number of aromatic nitrogens is 2. The van der Waals surface area contributed by atoms with E-state index in [-0.39, 0.29) is 32.0 Å². The number of hydrogen-bond donors (Lipinski definition) is 1. The monoisotopic (exact) mass is 393 g/mol. The summed E-state index contributed by atoms with van der Waals surface area (Å²) in [6, 6.07) is 13.9. The molecule has 1 amide bonds. The smallest absolute Gasteiger partial charge is 0.328 e. The van der Waals surface area contributed by atoms with Crippen molar-refractivity contribution in [1.82, 2.24) is 14.5 Å². The second-order valence-corrected chi connectivity index (χ2v) is 6.59. The molecule has 8 heteroatoms. The molecule has 0 spiro atoms. The van der Waals surface area contributed by atoms with Gasteiger partial charge in [-0.2, -0.15) is 0 Å². The third-order valence-corrected chi connectivity index (χ3v) is 4.66. The van der Waals surface area contributed by atoms with Crippen LogP contribution < -0.4 is 11.2 Å². The van der Waals surface area contributed by atoms with Crippen molar-refractivity contribution in [2.75, 3.05) is 0 Å². The molecule has 0 aliphatic carbocycles. The van der Waals surface area contributed by atoms with Gasteiger partial charge in [0.25, 0.3) is 5.56 Å². The average molecular weight is 393 g/mol. The topological polar surface area (TPSA) is 101 Å². The molecule has 1 N–H and O–H groups in total. The zero-order valence-electron chi connectivity index (χ0n) is 15.5. The van der Waals surface area contributed by atoms with E-state index in [0.717, 1.165) is 0 Å². The Morgan fingerprint density at radius 1 is 0.931 bits per heavy atom. The third-order valence-electron chi connectivity index (χ3n) is 4.66. The summed E-state index contributed by atoms with van der Waals surface area (Å²) in [6.45, 7) is 0.712. The molecule has 148 valence electrons. The molecule has 0 aliphatic rings. The van der Waals surface area contributed by atoms with Gasteiger partial charge in [-0.05, 0) is 36.4 Å². The number of hydrogen-bond acceptors (Lipinski definition) is 5. The number of carbonyl (C=O) groups excluding carboxylic acids is 1. The minimum Gasteiger partial charge on any atom is -0.467 e. The molecule has 0 atom stereocenters. The van der Waals surface area contributed by atoms with Crippen LogP contribution in [-0.2, 0) is 24.4 Å². The van der Waals surface area contributed by atoms with Gasteiger partial charge in [-0.15, -0.1) is 0 Å². The maximum absolute atomic E-state index is 12.9. The van der Waals surface area contributed by atoms with Gasteiger partial charge in [-0.25, -0.2) is 4.79 Å². The van der Waals surface area contributed by atoms with E-state index in [9.17, 15) is 14.4 Å². The van der Waals surface area contributed by atoms with Gasteiger partial charge in [0.2, 0.25) is 5.91 Å². The summed E-state index contributed by atoms with van der Waals surface area (Å²) >= 11 is 0. The molecule has 3 heterocycles. The van der Waals surface area contributed by atoms with Gasteiger partial charge in [-0.3, -0.25) is 19.1 Å². The SMILES string of the molecule is O=C(CCn1c(=O)[nH]c(=O)c2ccccc21)N(Cc1ccco1)Cc1ccco1. The Kier molecular flexibility index (Phi) is 5.15. The number of aryl methyl sites for hydroxylation is 1. The molecule has 0 fully saturated rings. The number of nitrogens with one attached hydrogen (secondary N) is 1. The van der Waals surface area contributed by atoms with Gasteiger partial charge in [0.15, 0.2) is 0 Å². The zero-order chi connectivity index (χ0) is 20.2. The Hall–Kier alpha value is -3.81. The van der Waals surface area contributed by atoms with Gasteiger partial charge in [0, 0.05) is 13.0 Å². The fourth-order valence-corrected chi connectivity index (χ4v) is 3.24. The zero-order valence-corrected chi connectivity index (χ0v) is 15.5. The van der Waals surface area contributed by atoms with E-state index < -0.39 is 11.2 Å². The lowest BCUT2D eigenvalue weighted by atomic mass is 10.2. The molecule has 3 aromatic heterocycles. The van der Waals surface area contributed by atoms with Gasteiger partial charge in [0.05, 0.1) is 36.5 Å². The predicted octanol–water partition coefficient (Wildman–Crippen LogP) is 2.49. The lowest BCUT2D eigenvalue weighted by molar-refractivity contribution is -0.133. The Morgan fingerprint density at radius 3 is 2.21 bits per heavy atom. The summed E-state index contributed by atoms with van der Waals surface area (Å²) in [6.07, 6.45) is 3.19. The van der Waals surface area contributed by atoms with Crippen LogP contribution in [-0.4, -0.2) is 20.4 Å². The largest absolute Gasteiger partial charge is 0.467 e. The first kappa shape index (κ1) is 18.5. The molecular formula is C21H19N3O5. The van der Waals surface area contributed by atoms with E-state index in [1.807, 2.05) is 0 Å². The van der Waals surface area contributed by atoms with Crippen LogP contribution in [0.1, 0.15) is 17.9 Å². The van der Waals surface area contributed by atoms with Gasteiger partial charge in [0.1, 0.15) is 11.5 Å². The molecule has 4 aromatic rings. The molecular weight excluding hydrogens is 374 g/mol. The highest BCUT2D eigenvalue weighted by Gasteiger charge is 2.18. The number of fused-ring (bicyclic) bond motifs is 1. The van der Waals surface area contributed by atoms with Crippen molar-refractivity contribution in [2.24, 2.45) is 0 Å². The van der Waals surface area contributed by atoms with Crippen molar-refractivity contribution in [2.45, 2.75) is 26.1 Å². The fourth-order valence-electron chi connectivity index (χ4n) is 3.24. The number of rotatable bonds is 7. The number of H-pyrrole nitrogens is 1. The Labute approximate surface area is 165 Å². The summed E-state index contributed by atoms with van der Waals surface area (Å²) in [5.74, 6) is 1.13. The van der Waals surface area contributed by atoms with E-state index in [4.69, 9.17) is 8.83 Å². The second kappa shape index (κ2) is 8.05. The standard InChI is InChI=1S/C21H19N3O5/c25-19(23(13-15-5-3-11-28-15)14-16-6-4-12-29-16)9-10-24-18-8-2-1-7-17(18)20(26)22-21(24)27/h1-8,11-12H,9-10,13-14H2,(H,22,26,27). The average Bonchev–Trinajstić information content (AvgIpc) is 3.41. The number of furan rings is 2. The quantitative estimate of drug-likeness (QED) is 0.520. The lowest BCUT2D eigenvalue weighted by Crippen LogP contribution is -2.34. The van der Waals surface area contributed by atoms with Crippen LogP contribution in [0, 0.1) is 0 Å². The van der Waals surface area contributed by atoms with Gasteiger partial charge in [-0.1, -0.05) is 12.1 Å². The van der Waals surface area contributed by atoms with Crippen LogP contribution in [0.25, 0.3) is 10.9 Å². The number of carbonyl (C=O) groups is 1. The maximum atomic E-state index is 12.9. The number of aromatic amines is 1. The van der Waals surface area contributed by atoms with E-state index >= 15 is 0 Å². The number of para-hydroxylation sites is 1. The summed E-state index contributed by atoms with van der Waals surface area (Å²) in [7, 11) is 0. The van der Waals surface area contributed by atoms with Crippen LogP contribution >= 0.6 is 0 Å². The van der Waals surface area contributed by atoms with E-state index in [1.54, 1.807) is 66.0 Å². The third kappa shape index (κ3) is 4.06. The predicted molar refractivity (Wildman–Crippen MR) is 105 cm³/mol. The molecule has 29 heavy (non-hydrogen) atoms. The van der Waals surface area contributed by atoms with Crippen LogP contribution in [0.2, 0.25) is 0 Å².